The van der Waals surface area contributed by atoms with E-state index >= 15 is 0 Å². The number of rotatable bonds is 2. The van der Waals surface area contributed by atoms with Crippen molar-refractivity contribution in [1.29, 1.82) is 0 Å². The maximum atomic E-state index is 11.5. The van der Waals surface area contributed by atoms with Crippen LogP contribution in [0.3, 0.4) is 0 Å². The molecule has 2 rings (SSSR count). The summed E-state index contributed by atoms with van der Waals surface area (Å²) in [5, 5.41) is 9.43. The first-order chi connectivity index (χ1) is 7.54. The van der Waals surface area contributed by atoms with E-state index in [1.165, 1.54) is 11.3 Å². The van der Waals surface area contributed by atoms with Gasteiger partial charge in [-0.05, 0) is 31.9 Å². The summed E-state index contributed by atoms with van der Waals surface area (Å²) in [6.45, 7) is 1.97. The molecular formula is C12H14O3S. The van der Waals surface area contributed by atoms with Crippen LogP contribution in [0.25, 0.3) is 0 Å². The Labute approximate surface area is 98.1 Å². The van der Waals surface area contributed by atoms with Gasteiger partial charge >= 0.3 is 5.97 Å². The SMILES string of the molecule is Cc1ccc(C2(C(=O)O)CCC(=O)CC2)s1. The molecule has 16 heavy (non-hydrogen) atoms. The predicted molar refractivity (Wildman–Crippen MR) is 61.8 cm³/mol. The average molecular weight is 238 g/mol. The van der Waals surface area contributed by atoms with E-state index in [1.807, 2.05) is 19.1 Å². The summed E-state index contributed by atoms with van der Waals surface area (Å²) in [6, 6.07) is 3.84. The average Bonchev–Trinajstić information content (AvgIpc) is 2.66. The molecule has 1 aliphatic rings. The molecule has 4 heteroatoms. The van der Waals surface area contributed by atoms with Crippen molar-refractivity contribution in [2.75, 3.05) is 0 Å². The Hall–Kier alpha value is -1.16. The van der Waals surface area contributed by atoms with Gasteiger partial charge in [0, 0.05) is 22.6 Å². The third-order valence-electron chi connectivity index (χ3n) is 3.28. The quantitative estimate of drug-likeness (QED) is 0.861. The van der Waals surface area contributed by atoms with Crippen LogP contribution < -0.4 is 0 Å². The summed E-state index contributed by atoms with van der Waals surface area (Å²) in [5.74, 6) is -0.605. The van der Waals surface area contributed by atoms with Crippen LogP contribution in [0.15, 0.2) is 12.1 Å². The Bertz CT molecular complexity index is 423. The maximum absolute atomic E-state index is 11.5. The van der Waals surface area contributed by atoms with Gasteiger partial charge in [0.2, 0.25) is 0 Å². The molecule has 0 unspecified atom stereocenters. The second-order valence-electron chi connectivity index (χ2n) is 4.34. The summed E-state index contributed by atoms with van der Waals surface area (Å²) < 4.78 is 0. The van der Waals surface area contributed by atoms with Crippen LogP contribution in [0.5, 0.6) is 0 Å². The fourth-order valence-electron chi connectivity index (χ4n) is 2.21. The third kappa shape index (κ3) is 1.78. The first-order valence-electron chi connectivity index (χ1n) is 5.37. The number of aliphatic carboxylic acids is 1. The molecule has 0 radical (unpaired) electrons. The maximum Gasteiger partial charge on any atom is 0.314 e. The number of hydrogen-bond acceptors (Lipinski definition) is 3. The van der Waals surface area contributed by atoms with E-state index in [0.29, 0.717) is 25.7 Å². The number of carbonyl (C=O) groups excluding carboxylic acids is 1. The van der Waals surface area contributed by atoms with Gasteiger partial charge in [-0.2, -0.15) is 0 Å². The van der Waals surface area contributed by atoms with Crippen molar-refractivity contribution < 1.29 is 14.7 Å². The Morgan fingerprint density at radius 3 is 2.44 bits per heavy atom. The van der Waals surface area contributed by atoms with E-state index in [9.17, 15) is 14.7 Å². The lowest BCUT2D eigenvalue weighted by atomic mass is 9.72. The molecule has 0 spiro atoms. The van der Waals surface area contributed by atoms with E-state index in [2.05, 4.69) is 0 Å². The Kier molecular flexibility index (Phi) is 2.84. The van der Waals surface area contributed by atoms with Crippen LogP contribution in [-0.4, -0.2) is 16.9 Å². The predicted octanol–water partition coefficient (Wildman–Crippen LogP) is 2.52. The van der Waals surface area contributed by atoms with Crippen molar-refractivity contribution in [1.82, 2.24) is 0 Å². The molecule has 0 bridgehead atoms. The van der Waals surface area contributed by atoms with Crippen molar-refractivity contribution in [2.45, 2.75) is 38.0 Å². The number of carbonyl (C=O) groups is 2. The number of hydrogen-bond donors (Lipinski definition) is 1. The fraction of sp³-hybridized carbons (Fsp3) is 0.500. The second-order valence-corrected chi connectivity index (χ2v) is 5.62. The summed E-state index contributed by atoms with van der Waals surface area (Å²) in [6.07, 6.45) is 1.68. The van der Waals surface area contributed by atoms with Gasteiger partial charge in [-0.25, -0.2) is 0 Å². The number of carboxylic acid groups (broad SMARTS) is 1. The number of aryl methyl sites for hydroxylation is 1. The molecule has 0 atom stereocenters. The number of carboxylic acids is 1. The van der Waals surface area contributed by atoms with Gasteiger partial charge in [0.1, 0.15) is 11.2 Å². The van der Waals surface area contributed by atoms with Crippen LogP contribution >= 0.6 is 11.3 Å². The number of Topliss-reactive ketones (excluding diaryl/α,β-unsaturated/α-hetero) is 1. The van der Waals surface area contributed by atoms with E-state index in [0.717, 1.165) is 9.75 Å². The van der Waals surface area contributed by atoms with Crippen molar-refractivity contribution in [3.8, 4) is 0 Å². The Morgan fingerprint density at radius 2 is 2.00 bits per heavy atom. The molecule has 1 fully saturated rings. The highest BCUT2D eigenvalue weighted by atomic mass is 32.1. The minimum Gasteiger partial charge on any atom is -0.481 e. The lowest BCUT2D eigenvalue weighted by Gasteiger charge is -2.31. The van der Waals surface area contributed by atoms with Crippen molar-refractivity contribution >= 4 is 23.1 Å². The molecule has 0 aromatic carbocycles. The first kappa shape index (κ1) is 11.3. The zero-order valence-electron chi connectivity index (χ0n) is 9.16. The molecule has 1 aromatic rings. The zero-order valence-corrected chi connectivity index (χ0v) is 9.97. The summed E-state index contributed by atoms with van der Waals surface area (Å²) in [4.78, 5) is 24.7. The molecule has 0 saturated heterocycles. The molecular weight excluding hydrogens is 224 g/mol. The van der Waals surface area contributed by atoms with Crippen LogP contribution in [0.4, 0.5) is 0 Å². The highest BCUT2D eigenvalue weighted by Gasteiger charge is 2.44. The van der Waals surface area contributed by atoms with E-state index in [-0.39, 0.29) is 5.78 Å². The number of thiophene rings is 1. The van der Waals surface area contributed by atoms with Gasteiger partial charge in [-0.3, -0.25) is 9.59 Å². The van der Waals surface area contributed by atoms with Gasteiger partial charge in [0.15, 0.2) is 0 Å². The van der Waals surface area contributed by atoms with Gasteiger partial charge in [0.05, 0.1) is 0 Å². The van der Waals surface area contributed by atoms with Crippen molar-refractivity contribution in [2.24, 2.45) is 0 Å². The van der Waals surface area contributed by atoms with Crippen LogP contribution in [0, 0.1) is 6.92 Å². The normalized spacial score (nSPS) is 19.7. The van der Waals surface area contributed by atoms with Crippen LogP contribution in [0.1, 0.15) is 35.4 Å². The lowest BCUT2D eigenvalue weighted by molar-refractivity contribution is -0.145. The highest BCUT2D eigenvalue weighted by Crippen LogP contribution is 2.41. The molecule has 0 aliphatic heterocycles. The molecule has 1 N–H and O–H groups in total. The molecule has 86 valence electrons. The minimum absolute atomic E-state index is 0.185. The Morgan fingerprint density at radius 1 is 1.38 bits per heavy atom. The molecule has 3 nitrogen and oxygen atoms in total. The van der Waals surface area contributed by atoms with E-state index in [4.69, 9.17) is 0 Å². The smallest absolute Gasteiger partial charge is 0.314 e. The topological polar surface area (TPSA) is 54.4 Å². The molecule has 1 saturated carbocycles. The lowest BCUT2D eigenvalue weighted by Crippen LogP contribution is -2.39. The first-order valence-corrected chi connectivity index (χ1v) is 6.18. The second kappa shape index (κ2) is 4.01. The highest BCUT2D eigenvalue weighted by molar-refractivity contribution is 7.12. The third-order valence-corrected chi connectivity index (χ3v) is 4.49. The molecule has 0 amide bonds. The largest absolute Gasteiger partial charge is 0.481 e. The van der Waals surface area contributed by atoms with Crippen LogP contribution in [0.2, 0.25) is 0 Å². The van der Waals surface area contributed by atoms with E-state index in [1.54, 1.807) is 0 Å². The summed E-state index contributed by atoms with van der Waals surface area (Å²) in [7, 11) is 0. The summed E-state index contributed by atoms with van der Waals surface area (Å²) in [5.41, 5.74) is -0.813. The van der Waals surface area contributed by atoms with Crippen molar-refractivity contribution in [3.05, 3.63) is 21.9 Å². The molecule has 1 aliphatic carbocycles. The summed E-state index contributed by atoms with van der Waals surface area (Å²) >= 11 is 1.53. The zero-order chi connectivity index (χ0) is 11.8. The van der Waals surface area contributed by atoms with E-state index < -0.39 is 11.4 Å². The van der Waals surface area contributed by atoms with Crippen molar-refractivity contribution in [3.63, 3.8) is 0 Å². The van der Waals surface area contributed by atoms with Gasteiger partial charge in [-0.15, -0.1) is 11.3 Å². The monoisotopic (exact) mass is 238 g/mol. The molecule has 1 heterocycles. The van der Waals surface area contributed by atoms with Crippen LogP contribution in [-0.2, 0) is 15.0 Å². The van der Waals surface area contributed by atoms with Gasteiger partial charge in [0.25, 0.3) is 0 Å². The minimum atomic E-state index is -0.813. The van der Waals surface area contributed by atoms with Gasteiger partial charge < -0.3 is 5.11 Å². The Balaban J connectivity index is 2.36. The van der Waals surface area contributed by atoms with Gasteiger partial charge in [-0.1, -0.05) is 0 Å². The fourth-order valence-corrected chi connectivity index (χ4v) is 3.32. The number of ketones is 1. The molecule has 1 aromatic heterocycles. The standard InChI is InChI=1S/C12H14O3S/c1-8-2-3-10(16-8)12(11(14)15)6-4-9(13)5-7-12/h2-3H,4-7H2,1H3,(H,14,15).